The summed E-state index contributed by atoms with van der Waals surface area (Å²) in [7, 11) is 0. The van der Waals surface area contributed by atoms with E-state index in [1.54, 1.807) is 19.3 Å². The fraction of sp³-hybridized carbons (Fsp3) is 0.111. The SMILES string of the molecule is CC(=O)c1cccc(-c2nc(NCCOc3ccccc3)c3ncn(-c4ccccc4)c3n2)c1. The molecule has 0 amide bonds. The fourth-order valence-corrected chi connectivity index (χ4v) is 3.66. The number of para-hydroxylation sites is 2. The summed E-state index contributed by atoms with van der Waals surface area (Å²) >= 11 is 0. The highest BCUT2D eigenvalue weighted by Gasteiger charge is 2.16. The van der Waals surface area contributed by atoms with Gasteiger partial charge in [-0.1, -0.05) is 54.6 Å². The number of carbonyl (C=O) groups is 1. The first kappa shape index (κ1) is 21.3. The van der Waals surface area contributed by atoms with Crippen LogP contribution in [-0.4, -0.2) is 38.5 Å². The second kappa shape index (κ2) is 9.54. The Morgan fingerprint density at radius 1 is 0.941 bits per heavy atom. The summed E-state index contributed by atoms with van der Waals surface area (Å²) in [5.41, 5.74) is 3.67. The number of benzene rings is 3. The number of hydrogen-bond donors (Lipinski definition) is 1. The molecule has 0 spiro atoms. The van der Waals surface area contributed by atoms with Gasteiger partial charge in [0.1, 0.15) is 18.7 Å². The Hall–Kier alpha value is -4.52. The van der Waals surface area contributed by atoms with Crippen molar-refractivity contribution in [3.05, 3.63) is 96.8 Å². The van der Waals surface area contributed by atoms with Crippen LogP contribution in [0.3, 0.4) is 0 Å². The number of nitrogens with zero attached hydrogens (tertiary/aromatic N) is 4. The van der Waals surface area contributed by atoms with Gasteiger partial charge in [0.2, 0.25) is 0 Å². The molecule has 2 aromatic heterocycles. The van der Waals surface area contributed by atoms with Gasteiger partial charge in [-0.15, -0.1) is 0 Å². The van der Waals surface area contributed by atoms with Crippen molar-refractivity contribution in [2.75, 3.05) is 18.5 Å². The van der Waals surface area contributed by atoms with E-state index in [0.717, 1.165) is 17.0 Å². The van der Waals surface area contributed by atoms with Crippen LogP contribution in [0, 0.1) is 0 Å². The Morgan fingerprint density at radius 2 is 1.71 bits per heavy atom. The van der Waals surface area contributed by atoms with E-state index >= 15 is 0 Å². The van der Waals surface area contributed by atoms with Crippen LogP contribution in [0.25, 0.3) is 28.2 Å². The van der Waals surface area contributed by atoms with E-state index in [1.165, 1.54) is 0 Å². The highest BCUT2D eigenvalue weighted by atomic mass is 16.5. The first-order valence-electron chi connectivity index (χ1n) is 11.0. The Labute approximate surface area is 197 Å². The number of ether oxygens (including phenoxy) is 1. The first-order valence-corrected chi connectivity index (χ1v) is 11.0. The van der Waals surface area contributed by atoms with Gasteiger partial charge in [0.05, 0.1) is 6.54 Å². The molecule has 0 fully saturated rings. The van der Waals surface area contributed by atoms with Crippen molar-refractivity contribution in [2.45, 2.75) is 6.92 Å². The van der Waals surface area contributed by atoms with Crippen LogP contribution >= 0.6 is 0 Å². The van der Waals surface area contributed by atoms with Crippen LogP contribution in [0.5, 0.6) is 5.75 Å². The minimum atomic E-state index is -0.00587. The quantitative estimate of drug-likeness (QED) is 0.260. The van der Waals surface area contributed by atoms with Gasteiger partial charge in [0, 0.05) is 16.8 Å². The molecular weight excluding hydrogens is 426 g/mol. The molecule has 1 N–H and O–H groups in total. The third-order valence-electron chi connectivity index (χ3n) is 5.36. The van der Waals surface area contributed by atoms with Crippen LogP contribution in [-0.2, 0) is 0 Å². The van der Waals surface area contributed by atoms with Gasteiger partial charge in [-0.3, -0.25) is 9.36 Å². The zero-order chi connectivity index (χ0) is 23.3. The summed E-state index contributed by atoms with van der Waals surface area (Å²) in [6.07, 6.45) is 1.75. The summed E-state index contributed by atoms with van der Waals surface area (Å²) in [5.74, 6) is 1.93. The molecule has 7 heteroatoms. The minimum Gasteiger partial charge on any atom is -0.492 e. The molecule has 3 aromatic carbocycles. The van der Waals surface area contributed by atoms with Crippen molar-refractivity contribution < 1.29 is 9.53 Å². The van der Waals surface area contributed by atoms with Crippen molar-refractivity contribution in [1.82, 2.24) is 19.5 Å². The van der Waals surface area contributed by atoms with E-state index in [-0.39, 0.29) is 5.78 Å². The van der Waals surface area contributed by atoms with E-state index in [2.05, 4.69) is 10.3 Å². The molecule has 34 heavy (non-hydrogen) atoms. The maximum absolute atomic E-state index is 11.9. The maximum Gasteiger partial charge on any atom is 0.170 e. The van der Waals surface area contributed by atoms with Crippen molar-refractivity contribution in [3.63, 3.8) is 0 Å². The number of anilines is 1. The van der Waals surface area contributed by atoms with Crippen LogP contribution in [0.2, 0.25) is 0 Å². The van der Waals surface area contributed by atoms with E-state index < -0.39 is 0 Å². The molecular formula is C27H23N5O2. The maximum atomic E-state index is 11.9. The number of fused-ring (bicyclic) bond motifs is 1. The minimum absolute atomic E-state index is 0.00587. The summed E-state index contributed by atoms with van der Waals surface area (Å²) in [4.78, 5) is 26.1. The van der Waals surface area contributed by atoms with Crippen LogP contribution in [0.15, 0.2) is 91.3 Å². The van der Waals surface area contributed by atoms with Gasteiger partial charge in [-0.05, 0) is 37.3 Å². The standard InChI is InChI=1S/C27H23N5O2/c1-19(33)20-9-8-10-21(17-20)25-30-26(28-15-16-34-23-13-6-3-7-14-23)24-27(31-25)32(18-29-24)22-11-4-2-5-12-22/h2-14,17-18H,15-16H2,1H3,(H,28,30,31). The third-order valence-corrected chi connectivity index (χ3v) is 5.36. The number of rotatable bonds is 8. The normalized spacial score (nSPS) is 10.9. The summed E-state index contributed by atoms with van der Waals surface area (Å²) in [5, 5.41) is 3.35. The number of Topliss-reactive ketones (excluding diaryl/α,β-unsaturated/α-hetero) is 1. The molecule has 168 valence electrons. The lowest BCUT2D eigenvalue weighted by Gasteiger charge is -2.11. The average Bonchev–Trinajstić information content (AvgIpc) is 3.32. The van der Waals surface area contributed by atoms with E-state index in [0.29, 0.717) is 41.5 Å². The summed E-state index contributed by atoms with van der Waals surface area (Å²) in [6, 6.07) is 26.9. The molecule has 0 aliphatic heterocycles. The van der Waals surface area contributed by atoms with E-state index in [1.807, 2.05) is 83.4 Å². The van der Waals surface area contributed by atoms with Crippen molar-refractivity contribution in [3.8, 4) is 22.8 Å². The van der Waals surface area contributed by atoms with Crippen LogP contribution < -0.4 is 10.1 Å². The highest BCUT2D eigenvalue weighted by Crippen LogP contribution is 2.26. The molecule has 0 bridgehead atoms. The Bertz CT molecular complexity index is 1430. The number of carbonyl (C=O) groups excluding carboxylic acids is 1. The zero-order valence-corrected chi connectivity index (χ0v) is 18.7. The van der Waals surface area contributed by atoms with Gasteiger partial charge in [0.15, 0.2) is 28.6 Å². The molecule has 5 rings (SSSR count). The molecule has 0 radical (unpaired) electrons. The van der Waals surface area contributed by atoms with Gasteiger partial charge >= 0.3 is 0 Å². The second-order valence-electron chi connectivity index (χ2n) is 7.74. The number of hydrogen-bond acceptors (Lipinski definition) is 6. The smallest absolute Gasteiger partial charge is 0.170 e. The molecule has 0 unspecified atom stereocenters. The lowest BCUT2D eigenvalue weighted by atomic mass is 10.1. The molecule has 0 aliphatic carbocycles. The zero-order valence-electron chi connectivity index (χ0n) is 18.7. The monoisotopic (exact) mass is 449 g/mol. The molecule has 0 atom stereocenters. The van der Waals surface area contributed by atoms with E-state index in [4.69, 9.17) is 14.7 Å². The number of imidazole rings is 1. The van der Waals surface area contributed by atoms with Gasteiger partial charge in [-0.25, -0.2) is 15.0 Å². The van der Waals surface area contributed by atoms with E-state index in [9.17, 15) is 4.79 Å². The van der Waals surface area contributed by atoms with Crippen molar-refractivity contribution >= 4 is 22.8 Å². The predicted octanol–water partition coefficient (Wildman–Crippen LogP) is 5.18. The lowest BCUT2D eigenvalue weighted by molar-refractivity contribution is 0.101. The fourth-order valence-electron chi connectivity index (χ4n) is 3.66. The topological polar surface area (TPSA) is 81.9 Å². The summed E-state index contributed by atoms with van der Waals surface area (Å²) < 4.78 is 7.73. The molecule has 0 aliphatic rings. The Morgan fingerprint density at radius 3 is 2.47 bits per heavy atom. The average molecular weight is 450 g/mol. The number of aromatic nitrogens is 4. The molecule has 5 aromatic rings. The van der Waals surface area contributed by atoms with Gasteiger partial charge in [-0.2, -0.15) is 0 Å². The third kappa shape index (κ3) is 4.49. The van der Waals surface area contributed by atoms with Crippen molar-refractivity contribution in [2.24, 2.45) is 0 Å². The van der Waals surface area contributed by atoms with Gasteiger partial charge < -0.3 is 10.1 Å². The number of nitrogens with one attached hydrogen (secondary N) is 1. The lowest BCUT2D eigenvalue weighted by Crippen LogP contribution is -2.13. The predicted molar refractivity (Wildman–Crippen MR) is 133 cm³/mol. The molecule has 2 heterocycles. The van der Waals surface area contributed by atoms with Crippen molar-refractivity contribution in [1.29, 1.82) is 0 Å². The Balaban J connectivity index is 1.51. The largest absolute Gasteiger partial charge is 0.492 e. The first-order chi connectivity index (χ1) is 16.7. The van der Waals surface area contributed by atoms with Crippen LogP contribution in [0.4, 0.5) is 5.82 Å². The highest BCUT2D eigenvalue weighted by molar-refractivity contribution is 5.95. The molecule has 0 saturated carbocycles. The van der Waals surface area contributed by atoms with Crippen LogP contribution in [0.1, 0.15) is 17.3 Å². The number of ketones is 1. The van der Waals surface area contributed by atoms with Gasteiger partial charge in [0.25, 0.3) is 0 Å². The summed E-state index contributed by atoms with van der Waals surface area (Å²) in [6.45, 7) is 2.55. The Kier molecular flexibility index (Phi) is 5.99. The molecule has 0 saturated heterocycles. The molecule has 7 nitrogen and oxygen atoms in total. The second-order valence-corrected chi connectivity index (χ2v) is 7.74.